The van der Waals surface area contributed by atoms with Crippen LogP contribution in [0.1, 0.15) is 16.7 Å². The summed E-state index contributed by atoms with van der Waals surface area (Å²) in [6.07, 6.45) is -4.78. The highest BCUT2D eigenvalue weighted by molar-refractivity contribution is 14.1. The van der Waals surface area contributed by atoms with Crippen molar-refractivity contribution in [1.82, 2.24) is 4.72 Å². The number of thioether (sulfide) groups is 1. The monoisotopic (exact) mass is 607 g/mol. The highest BCUT2D eigenvalue weighted by Crippen LogP contribution is 2.41. The van der Waals surface area contributed by atoms with Crippen LogP contribution < -0.4 is 4.72 Å². The summed E-state index contributed by atoms with van der Waals surface area (Å²) < 4.78 is 67.3. The Morgan fingerprint density at radius 1 is 1.07 bits per heavy atom. The van der Waals surface area contributed by atoms with Crippen molar-refractivity contribution in [2.75, 3.05) is 5.75 Å². The van der Waals surface area contributed by atoms with Gasteiger partial charge in [0.1, 0.15) is 0 Å². The minimum atomic E-state index is -4.78. The molecule has 28 heavy (non-hydrogen) atoms. The third-order valence-electron chi connectivity index (χ3n) is 3.87. The molecule has 2 rings (SSSR count). The number of benzene rings is 2. The predicted octanol–water partition coefficient (Wildman–Crippen LogP) is 6.14. The van der Waals surface area contributed by atoms with E-state index in [4.69, 9.17) is 0 Å². The Morgan fingerprint density at radius 3 is 2.04 bits per heavy atom. The molecule has 10 heteroatoms. The van der Waals surface area contributed by atoms with E-state index in [9.17, 15) is 21.6 Å². The highest BCUT2D eigenvalue weighted by Gasteiger charge is 2.55. The molecule has 0 aliphatic heterocycles. The lowest BCUT2D eigenvalue weighted by molar-refractivity contribution is -0.151. The van der Waals surface area contributed by atoms with Crippen LogP contribution >= 0.6 is 50.3 Å². The molecule has 2 aromatic carbocycles. The molecule has 1 atom stereocenters. The zero-order chi connectivity index (χ0) is 21.3. The maximum absolute atomic E-state index is 13.8. The molecular weight excluding hydrogens is 590 g/mol. The molecule has 0 spiro atoms. The second-order valence-corrected chi connectivity index (χ2v) is 11.8. The quantitative estimate of drug-likeness (QED) is 0.186. The molecule has 0 bridgehead atoms. The maximum atomic E-state index is 13.8. The van der Waals surface area contributed by atoms with Crippen molar-refractivity contribution in [3.8, 4) is 0 Å². The van der Waals surface area contributed by atoms with E-state index in [1.807, 2.05) is 4.72 Å². The minimum Gasteiger partial charge on any atom is -0.207 e. The van der Waals surface area contributed by atoms with Gasteiger partial charge in [-0.2, -0.15) is 17.9 Å². The number of halogens is 5. The number of sulfonamides is 1. The van der Waals surface area contributed by atoms with Crippen molar-refractivity contribution < 1.29 is 21.6 Å². The normalized spacial score (nSPS) is 14.7. The first-order chi connectivity index (χ1) is 12.7. The van der Waals surface area contributed by atoms with E-state index < -0.39 is 25.5 Å². The Balaban J connectivity index is 2.36. The Morgan fingerprint density at radius 2 is 1.57 bits per heavy atom. The summed E-state index contributed by atoms with van der Waals surface area (Å²) in [6, 6.07) is 10.1. The van der Waals surface area contributed by atoms with Gasteiger partial charge in [-0.25, -0.2) is 8.42 Å². The van der Waals surface area contributed by atoms with Crippen molar-refractivity contribution in [2.24, 2.45) is 0 Å². The smallest absolute Gasteiger partial charge is 0.207 e. The van der Waals surface area contributed by atoms with Crippen LogP contribution in [-0.2, 0) is 10.0 Å². The van der Waals surface area contributed by atoms with E-state index in [2.05, 4.69) is 15.9 Å². The Hall–Kier alpha value is -0.300. The lowest BCUT2D eigenvalue weighted by Gasteiger charge is -2.31. The Kier molecular flexibility index (Phi) is 7.56. The summed E-state index contributed by atoms with van der Waals surface area (Å²) in [6.45, 7) is 4.96. The second kappa shape index (κ2) is 8.83. The van der Waals surface area contributed by atoms with Gasteiger partial charge in [-0.1, -0.05) is 33.6 Å². The zero-order valence-electron chi connectivity index (χ0n) is 15.2. The number of rotatable bonds is 6. The molecule has 0 aromatic heterocycles. The number of aryl methyl sites for hydroxylation is 3. The zero-order valence-corrected chi connectivity index (χ0v) is 20.6. The summed E-state index contributed by atoms with van der Waals surface area (Å²) in [5, 5.41) is 0. The average molecular weight is 608 g/mol. The van der Waals surface area contributed by atoms with Crippen molar-refractivity contribution >= 4 is 60.3 Å². The molecule has 0 aliphatic rings. The molecule has 154 valence electrons. The largest absolute Gasteiger partial charge is 0.417 e. The van der Waals surface area contributed by atoms with E-state index in [1.165, 1.54) is 0 Å². The van der Waals surface area contributed by atoms with Crippen molar-refractivity contribution in [3.63, 3.8) is 0 Å². The first-order valence-electron chi connectivity index (χ1n) is 8.01. The fourth-order valence-electron chi connectivity index (χ4n) is 2.74. The highest BCUT2D eigenvalue weighted by atomic mass is 127. The van der Waals surface area contributed by atoms with Crippen LogP contribution in [-0.4, -0.2) is 23.9 Å². The fraction of sp³-hybridized carbons (Fsp3) is 0.333. The van der Waals surface area contributed by atoms with Crippen molar-refractivity contribution in [1.29, 1.82) is 0 Å². The fourth-order valence-corrected chi connectivity index (χ4v) is 7.04. The van der Waals surface area contributed by atoms with Crippen LogP contribution in [0.25, 0.3) is 0 Å². The van der Waals surface area contributed by atoms with Gasteiger partial charge in [-0.3, -0.25) is 0 Å². The number of hydrogen-bond donors (Lipinski definition) is 1. The van der Waals surface area contributed by atoms with Gasteiger partial charge in [0.25, 0.3) is 0 Å². The van der Waals surface area contributed by atoms with Gasteiger partial charge < -0.3 is 0 Å². The van der Waals surface area contributed by atoms with E-state index in [0.717, 1.165) is 44.4 Å². The molecule has 0 amide bonds. The lowest BCUT2D eigenvalue weighted by atomic mass is 10.1. The van der Waals surface area contributed by atoms with Crippen LogP contribution in [0, 0.1) is 20.8 Å². The maximum Gasteiger partial charge on any atom is 0.417 e. The van der Waals surface area contributed by atoms with Gasteiger partial charge in [0.05, 0.1) is 4.90 Å². The second-order valence-electron chi connectivity index (χ2n) is 6.37. The molecule has 0 saturated carbocycles. The van der Waals surface area contributed by atoms with Crippen LogP contribution in [0.2, 0.25) is 0 Å². The standard InChI is InChI=1S/C18H18BrF3INO2S2/c1-11-8-12(2)16(13(3)9-11)28(25,26)24-17(23,18(20,21)22)10-27-15-6-4-14(19)5-7-15/h4-9,24H,10H2,1-3H3. The van der Waals surface area contributed by atoms with E-state index >= 15 is 0 Å². The topological polar surface area (TPSA) is 46.2 Å². The van der Waals surface area contributed by atoms with Crippen LogP contribution in [0.15, 0.2) is 50.7 Å². The van der Waals surface area contributed by atoms with Gasteiger partial charge >= 0.3 is 6.18 Å². The van der Waals surface area contributed by atoms with E-state index in [1.54, 1.807) is 57.2 Å². The van der Waals surface area contributed by atoms with Gasteiger partial charge in [0, 0.05) is 15.1 Å². The van der Waals surface area contributed by atoms with Gasteiger partial charge in [0.15, 0.2) is 3.55 Å². The summed E-state index contributed by atoms with van der Waals surface area (Å²) in [5.41, 5.74) is 1.66. The molecular formula is C18H18BrF3INO2S2. The Bertz CT molecular complexity index is 943. The van der Waals surface area contributed by atoms with Gasteiger partial charge in [0.2, 0.25) is 10.0 Å². The van der Waals surface area contributed by atoms with Crippen LogP contribution in [0.5, 0.6) is 0 Å². The first kappa shape index (κ1) is 24.0. The average Bonchev–Trinajstić information content (AvgIpc) is 2.51. The first-order valence-corrected chi connectivity index (χ1v) is 12.3. The molecule has 2 aromatic rings. The number of alkyl halides is 4. The third-order valence-corrected chi connectivity index (χ3v) is 9.53. The van der Waals surface area contributed by atoms with Crippen LogP contribution in [0.3, 0.4) is 0 Å². The molecule has 3 nitrogen and oxygen atoms in total. The summed E-state index contributed by atoms with van der Waals surface area (Å²) in [5.74, 6) is -0.512. The summed E-state index contributed by atoms with van der Waals surface area (Å²) in [7, 11) is -4.39. The number of nitrogens with one attached hydrogen (secondary N) is 1. The molecule has 0 fully saturated rings. The Labute approximate surface area is 189 Å². The molecule has 0 radical (unpaired) electrons. The molecule has 0 heterocycles. The predicted molar refractivity (Wildman–Crippen MR) is 119 cm³/mol. The molecule has 1 unspecified atom stereocenters. The lowest BCUT2D eigenvalue weighted by Crippen LogP contribution is -2.55. The van der Waals surface area contributed by atoms with E-state index in [-0.39, 0.29) is 4.90 Å². The molecule has 1 N–H and O–H groups in total. The van der Waals surface area contributed by atoms with Crippen molar-refractivity contribution in [3.05, 3.63) is 57.6 Å². The number of hydrogen-bond acceptors (Lipinski definition) is 3. The molecule has 0 aliphatic carbocycles. The summed E-state index contributed by atoms with van der Waals surface area (Å²) in [4.78, 5) is 0.493. The third kappa shape index (κ3) is 5.65. The summed E-state index contributed by atoms with van der Waals surface area (Å²) >= 11 is 5.36. The van der Waals surface area contributed by atoms with Crippen molar-refractivity contribution in [2.45, 2.75) is 40.3 Å². The van der Waals surface area contributed by atoms with E-state index in [0.29, 0.717) is 16.0 Å². The van der Waals surface area contributed by atoms with Crippen LogP contribution in [0.4, 0.5) is 13.2 Å². The minimum absolute atomic E-state index is 0.114. The molecule has 0 saturated heterocycles. The van der Waals surface area contributed by atoms with Gasteiger partial charge in [-0.15, -0.1) is 11.8 Å². The van der Waals surface area contributed by atoms with Gasteiger partial charge in [-0.05, 0) is 78.8 Å². The SMILES string of the molecule is Cc1cc(C)c(S(=O)(=O)NC(I)(CSc2ccc(Br)cc2)C(F)(F)F)c(C)c1.